The highest BCUT2D eigenvalue weighted by atomic mass is 32.1. The lowest BCUT2D eigenvalue weighted by molar-refractivity contribution is 0.0949. The molecule has 0 atom stereocenters. The topological polar surface area (TPSA) is 98.7 Å². The molecule has 8 heteroatoms. The predicted molar refractivity (Wildman–Crippen MR) is 67.0 cm³/mol. The van der Waals surface area contributed by atoms with E-state index in [0.29, 0.717) is 31.0 Å². The molecule has 2 aromatic heterocycles. The third kappa shape index (κ3) is 3.11. The molecule has 0 fully saturated rings. The summed E-state index contributed by atoms with van der Waals surface area (Å²) in [6, 6.07) is 0. The fraction of sp³-hybridized carbons (Fsp3) is 0.400. The van der Waals surface area contributed by atoms with Crippen LogP contribution >= 0.6 is 11.3 Å². The first-order valence-electron chi connectivity index (χ1n) is 5.46. The van der Waals surface area contributed by atoms with E-state index >= 15 is 0 Å². The molecule has 0 aliphatic rings. The second kappa shape index (κ2) is 5.69. The maximum absolute atomic E-state index is 11.7. The smallest absolute Gasteiger partial charge is 0.270 e. The number of thiazole rings is 1. The molecular weight excluding hydrogens is 252 g/mol. The molecule has 18 heavy (non-hydrogen) atoms. The van der Waals surface area contributed by atoms with Crippen molar-refractivity contribution in [1.82, 2.24) is 25.1 Å². The van der Waals surface area contributed by atoms with Crippen molar-refractivity contribution in [2.45, 2.75) is 13.0 Å². The van der Waals surface area contributed by atoms with Crippen LogP contribution in [-0.4, -0.2) is 32.2 Å². The SMILES string of the molecule is Cn1cnc(CCNC(=O)c2csc(CN)n2)n1. The summed E-state index contributed by atoms with van der Waals surface area (Å²) >= 11 is 1.39. The predicted octanol–water partition coefficient (Wildman–Crippen LogP) is -0.297. The van der Waals surface area contributed by atoms with E-state index in [1.165, 1.54) is 11.3 Å². The molecule has 0 unspecified atom stereocenters. The lowest BCUT2D eigenvalue weighted by Gasteiger charge is -2.00. The van der Waals surface area contributed by atoms with Crippen LogP contribution < -0.4 is 11.1 Å². The highest BCUT2D eigenvalue weighted by molar-refractivity contribution is 7.09. The normalized spacial score (nSPS) is 10.6. The van der Waals surface area contributed by atoms with Crippen LogP contribution in [0.3, 0.4) is 0 Å². The van der Waals surface area contributed by atoms with Crippen molar-refractivity contribution >= 4 is 17.2 Å². The molecular formula is C10H14N6OS. The highest BCUT2D eigenvalue weighted by Crippen LogP contribution is 2.08. The van der Waals surface area contributed by atoms with E-state index in [2.05, 4.69) is 20.4 Å². The Morgan fingerprint density at radius 2 is 2.44 bits per heavy atom. The molecule has 0 saturated heterocycles. The summed E-state index contributed by atoms with van der Waals surface area (Å²) in [5.41, 5.74) is 5.85. The van der Waals surface area contributed by atoms with E-state index < -0.39 is 0 Å². The average Bonchev–Trinajstić information content (AvgIpc) is 2.98. The standard InChI is InChI=1S/C10H14N6OS/c1-16-6-13-8(15-16)2-3-12-10(17)7-5-18-9(4-11)14-7/h5-6H,2-4,11H2,1H3,(H,12,17). The van der Waals surface area contributed by atoms with Gasteiger partial charge < -0.3 is 11.1 Å². The van der Waals surface area contributed by atoms with E-state index in [9.17, 15) is 4.79 Å². The minimum atomic E-state index is -0.193. The maximum Gasteiger partial charge on any atom is 0.270 e. The van der Waals surface area contributed by atoms with Crippen molar-refractivity contribution in [1.29, 1.82) is 0 Å². The number of aryl methyl sites for hydroxylation is 1. The highest BCUT2D eigenvalue weighted by Gasteiger charge is 2.09. The van der Waals surface area contributed by atoms with Gasteiger partial charge >= 0.3 is 0 Å². The van der Waals surface area contributed by atoms with Crippen molar-refractivity contribution in [3.63, 3.8) is 0 Å². The van der Waals surface area contributed by atoms with Crippen molar-refractivity contribution < 1.29 is 4.79 Å². The summed E-state index contributed by atoms with van der Waals surface area (Å²) in [6.07, 6.45) is 2.23. The number of aromatic nitrogens is 4. The molecule has 3 N–H and O–H groups in total. The van der Waals surface area contributed by atoms with Gasteiger partial charge in [0.1, 0.15) is 17.0 Å². The van der Waals surface area contributed by atoms with Crippen LogP contribution in [0, 0.1) is 0 Å². The van der Waals surface area contributed by atoms with Gasteiger partial charge in [-0.1, -0.05) is 0 Å². The molecule has 2 aromatic rings. The molecule has 0 aliphatic carbocycles. The van der Waals surface area contributed by atoms with Crippen LogP contribution in [0.4, 0.5) is 0 Å². The summed E-state index contributed by atoms with van der Waals surface area (Å²) in [5, 5.41) is 9.35. The van der Waals surface area contributed by atoms with Crippen molar-refractivity contribution in [3.8, 4) is 0 Å². The molecule has 1 amide bonds. The van der Waals surface area contributed by atoms with Crippen molar-refractivity contribution in [3.05, 3.63) is 28.2 Å². The Hall–Kier alpha value is -1.80. The van der Waals surface area contributed by atoms with Crippen LogP contribution in [0.2, 0.25) is 0 Å². The molecule has 2 rings (SSSR count). The minimum Gasteiger partial charge on any atom is -0.350 e. The van der Waals surface area contributed by atoms with E-state index in [4.69, 9.17) is 5.73 Å². The van der Waals surface area contributed by atoms with Gasteiger partial charge in [-0.05, 0) is 0 Å². The number of rotatable bonds is 5. The Morgan fingerprint density at radius 3 is 3.06 bits per heavy atom. The van der Waals surface area contributed by atoms with Crippen LogP contribution in [0.15, 0.2) is 11.7 Å². The third-order valence-corrected chi connectivity index (χ3v) is 3.11. The lowest BCUT2D eigenvalue weighted by atomic mass is 10.4. The van der Waals surface area contributed by atoms with Gasteiger partial charge in [0.2, 0.25) is 0 Å². The zero-order valence-corrected chi connectivity index (χ0v) is 10.8. The maximum atomic E-state index is 11.7. The Labute approximate surface area is 108 Å². The van der Waals surface area contributed by atoms with Crippen LogP contribution in [0.25, 0.3) is 0 Å². The van der Waals surface area contributed by atoms with Gasteiger partial charge in [-0.3, -0.25) is 9.48 Å². The second-order valence-electron chi connectivity index (χ2n) is 3.67. The number of carbonyl (C=O) groups is 1. The first kappa shape index (κ1) is 12.7. The number of carbonyl (C=O) groups excluding carboxylic acids is 1. The van der Waals surface area contributed by atoms with Gasteiger partial charge in [-0.2, -0.15) is 5.10 Å². The fourth-order valence-corrected chi connectivity index (χ4v) is 2.04. The Kier molecular flexibility index (Phi) is 4.00. The van der Waals surface area contributed by atoms with E-state index in [0.717, 1.165) is 5.01 Å². The van der Waals surface area contributed by atoms with Crippen LogP contribution in [0.1, 0.15) is 21.3 Å². The summed E-state index contributed by atoms with van der Waals surface area (Å²) < 4.78 is 1.63. The zero-order valence-electron chi connectivity index (χ0n) is 9.96. The lowest BCUT2D eigenvalue weighted by Crippen LogP contribution is -2.26. The number of hydrogen-bond donors (Lipinski definition) is 2. The van der Waals surface area contributed by atoms with Crippen molar-refractivity contribution in [2.24, 2.45) is 12.8 Å². The van der Waals surface area contributed by atoms with E-state index in [1.807, 2.05) is 0 Å². The van der Waals surface area contributed by atoms with E-state index in [1.54, 1.807) is 23.4 Å². The number of hydrogen-bond acceptors (Lipinski definition) is 6. The Balaban J connectivity index is 1.81. The van der Waals surface area contributed by atoms with Crippen LogP contribution in [-0.2, 0) is 20.0 Å². The van der Waals surface area contributed by atoms with Gasteiger partial charge in [-0.25, -0.2) is 9.97 Å². The Morgan fingerprint density at radius 1 is 1.61 bits per heavy atom. The van der Waals surface area contributed by atoms with Gasteiger partial charge in [-0.15, -0.1) is 11.3 Å². The van der Waals surface area contributed by atoms with Crippen molar-refractivity contribution in [2.75, 3.05) is 6.54 Å². The molecule has 96 valence electrons. The summed E-state index contributed by atoms with van der Waals surface area (Å²) in [4.78, 5) is 19.9. The molecule has 0 aliphatic heterocycles. The minimum absolute atomic E-state index is 0.193. The van der Waals surface area contributed by atoms with Gasteiger partial charge in [0.15, 0.2) is 5.82 Å². The third-order valence-electron chi connectivity index (χ3n) is 2.24. The average molecular weight is 266 g/mol. The number of amides is 1. The molecule has 0 spiro atoms. The molecule has 2 heterocycles. The fourth-order valence-electron chi connectivity index (χ4n) is 1.39. The molecule has 0 aromatic carbocycles. The molecule has 0 radical (unpaired) electrons. The van der Waals surface area contributed by atoms with Gasteiger partial charge in [0.25, 0.3) is 5.91 Å². The summed E-state index contributed by atoms with van der Waals surface area (Å²) in [7, 11) is 1.80. The number of nitrogens with one attached hydrogen (secondary N) is 1. The molecule has 0 bridgehead atoms. The first-order chi connectivity index (χ1) is 8.69. The quantitative estimate of drug-likeness (QED) is 0.774. The number of nitrogens with zero attached hydrogens (tertiary/aromatic N) is 4. The second-order valence-corrected chi connectivity index (χ2v) is 4.61. The Bertz CT molecular complexity index is 534. The monoisotopic (exact) mass is 266 g/mol. The summed E-state index contributed by atoms with van der Waals surface area (Å²) in [5.74, 6) is 0.514. The number of nitrogens with two attached hydrogens (primary N) is 1. The van der Waals surface area contributed by atoms with Crippen LogP contribution in [0.5, 0.6) is 0 Å². The van der Waals surface area contributed by atoms with Gasteiger partial charge in [0, 0.05) is 31.9 Å². The molecule has 0 saturated carbocycles. The zero-order chi connectivity index (χ0) is 13.0. The largest absolute Gasteiger partial charge is 0.350 e. The van der Waals surface area contributed by atoms with E-state index in [-0.39, 0.29) is 5.91 Å². The van der Waals surface area contributed by atoms with Gasteiger partial charge in [0.05, 0.1) is 0 Å². The molecule has 7 nitrogen and oxygen atoms in total. The first-order valence-corrected chi connectivity index (χ1v) is 6.34. The summed E-state index contributed by atoms with van der Waals surface area (Å²) in [6.45, 7) is 0.841.